The molecule has 10 heteroatoms. The third-order valence-corrected chi connectivity index (χ3v) is 7.08. The fraction of sp³-hybridized carbons (Fsp3) is 0.556. The van der Waals surface area contributed by atoms with Crippen molar-refractivity contribution >= 4 is 35.0 Å². The number of amides is 2. The number of fused-ring (bicyclic) bond motifs is 1. The molecule has 10 nitrogen and oxygen atoms in total. The summed E-state index contributed by atoms with van der Waals surface area (Å²) in [5.41, 5.74) is 1.27. The zero-order valence-corrected chi connectivity index (χ0v) is 22.8. The predicted molar refractivity (Wildman–Crippen MR) is 146 cm³/mol. The number of aromatic nitrogens is 2. The molecule has 0 aliphatic carbocycles. The molecule has 1 saturated heterocycles. The molecule has 0 bridgehead atoms. The maximum absolute atomic E-state index is 13.1. The summed E-state index contributed by atoms with van der Waals surface area (Å²) in [5.74, 6) is 1.48. The van der Waals surface area contributed by atoms with Crippen molar-refractivity contribution in [2.45, 2.75) is 46.6 Å². The second-order valence-electron chi connectivity index (χ2n) is 10.7. The fourth-order valence-corrected chi connectivity index (χ4v) is 4.93. The van der Waals surface area contributed by atoms with Crippen LogP contribution in [-0.4, -0.2) is 79.6 Å². The molecule has 4 rings (SSSR count). The largest absolute Gasteiger partial charge is 0.495 e. The van der Waals surface area contributed by atoms with Gasteiger partial charge in [-0.1, -0.05) is 0 Å². The summed E-state index contributed by atoms with van der Waals surface area (Å²) in [6.45, 7) is 12.3. The lowest BCUT2D eigenvalue weighted by Crippen LogP contribution is -2.44. The minimum atomic E-state index is -0.568. The van der Waals surface area contributed by atoms with Gasteiger partial charge in [-0.2, -0.15) is 4.98 Å². The lowest BCUT2D eigenvalue weighted by molar-refractivity contribution is -0.125. The Morgan fingerprint density at radius 1 is 1.22 bits per heavy atom. The first-order valence-electron chi connectivity index (χ1n) is 13.0. The molecule has 0 radical (unpaired) electrons. The smallest absolute Gasteiger partial charge is 0.251 e. The molecule has 2 aliphatic heterocycles. The van der Waals surface area contributed by atoms with Crippen molar-refractivity contribution in [3.63, 3.8) is 0 Å². The van der Waals surface area contributed by atoms with Crippen LogP contribution in [0, 0.1) is 5.41 Å². The van der Waals surface area contributed by atoms with E-state index in [1.165, 1.54) is 12.8 Å². The Bertz CT molecular complexity index is 1140. The normalized spacial score (nSPS) is 17.5. The van der Waals surface area contributed by atoms with E-state index in [0.29, 0.717) is 47.5 Å². The number of ether oxygens (including phenoxy) is 1. The monoisotopic (exact) mass is 509 g/mol. The summed E-state index contributed by atoms with van der Waals surface area (Å²) >= 11 is 0. The average Bonchev–Trinajstić information content (AvgIpc) is 3.37. The fourth-order valence-electron chi connectivity index (χ4n) is 4.93. The van der Waals surface area contributed by atoms with Gasteiger partial charge in [-0.3, -0.25) is 9.59 Å². The molecule has 1 aromatic heterocycles. The van der Waals surface area contributed by atoms with Gasteiger partial charge in [0.2, 0.25) is 11.9 Å². The molecular formula is C27H39N7O3. The van der Waals surface area contributed by atoms with Crippen LogP contribution in [-0.2, 0) is 4.79 Å². The Hall–Kier alpha value is -3.40. The molecule has 37 heavy (non-hydrogen) atoms. The van der Waals surface area contributed by atoms with E-state index in [2.05, 4.69) is 39.3 Å². The molecule has 3 heterocycles. The molecule has 2 amide bonds. The van der Waals surface area contributed by atoms with Crippen molar-refractivity contribution in [1.82, 2.24) is 20.2 Å². The van der Waals surface area contributed by atoms with Gasteiger partial charge in [0.05, 0.1) is 24.4 Å². The van der Waals surface area contributed by atoms with Crippen molar-refractivity contribution in [2.75, 3.05) is 62.0 Å². The number of benzene rings is 1. The number of hydrogen-bond donors (Lipinski definition) is 2. The number of nitrogens with zero attached hydrogens (tertiary/aromatic N) is 5. The molecule has 0 unspecified atom stereocenters. The summed E-state index contributed by atoms with van der Waals surface area (Å²) in [6.07, 6.45) is 4.14. The van der Waals surface area contributed by atoms with E-state index in [9.17, 15) is 9.59 Å². The van der Waals surface area contributed by atoms with Gasteiger partial charge in [0.1, 0.15) is 11.4 Å². The first-order chi connectivity index (χ1) is 17.6. The maximum atomic E-state index is 13.1. The number of carbonyl (C=O) groups is 2. The summed E-state index contributed by atoms with van der Waals surface area (Å²) in [6, 6.07) is 5.40. The van der Waals surface area contributed by atoms with Gasteiger partial charge >= 0.3 is 0 Å². The van der Waals surface area contributed by atoms with Gasteiger partial charge in [0.25, 0.3) is 5.91 Å². The maximum Gasteiger partial charge on any atom is 0.251 e. The van der Waals surface area contributed by atoms with Crippen molar-refractivity contribution in [2.24, 2.45) is 5.41 Å². The zero-order valence-electron chi connectivity index (χ0n) is 22.8. The molecule has 2 aliphatic rings. The Morgan fingerprint density at radius 3 is 2.62 bits per heavy atom. The molecular weight excluding hydrogens is 470 g/mol. The number of rotatable bonds is 8. The Morgan fingerprint density at radius 2 is 1.95 bits per heavy atom. The van der Waals surface area contributed by atoms with E-state index in [1.54, 1.807) is 43.5 Å². The molecule has 0 spiro atoms. The molecule has 2 aromatic rings. The number of carbonyl (C=O) groups excluding carboxylic acids is 2. The Labute approximate surface area is 219 Å². The highest BCUT2D eigenvalue weighted by molar-refractivity contribution is 6.01. The summed E-state index contributed by atoms with van der Waals surface area (Å²) < 4.78 is 5.57. The van der Waals surface area contributed by atoms with Crippen LogP contribution in [0.4, 0.5) is 23.1 Å². The lowest BCUT2D eigenvalue weighted by atomic mass is 9.91. The standard InChI is InChI=1S/C27H39N7O3/c1-18(2)34-17-27(3,4)25(36)32(5)21-16-29-26(31-23(21)34)30-20-10-9-19(15-22(20)37-6)24(35)28-11-14-33-12-7-8-13-33/h9-10,15-16,18H,7-8,11-14,17H2,1-6H3,(H,28,35)(H,29,30,31). The van der Waals surface area contributed by atoms with E-state index in [4.69, 9.17) is 9.72 Å². The minimum Gasteiger partial charge on any atom is -0.495 e. The van der Waals surface area contributed by atoms with Crippen LogP contribution in [0.3, 0.4) is 0 Å². The van der Waals surface area contributed by atoms with E-state index in [-0.39, 0.29) is 17.9 Å². The Balaban J connectivity index is 1.53. The predicted octanol–water partition coefficient (Wildman–Crippen LogP) is 3.27. The van der Waals surface area contributed by atoms with Gasteiger partial charge in [-0.25, -0.2) is 4.98 Å². The molecule has 0 saturated carbocycles. The van der Waals surface area contributed by atoms with Gasteiger partial charge in [0, 0.05) is 38.3 Å². The first kappa shape index (κ1) is 26.7. The number of likely N-dealkylation sites (tertiary alicyclic amines) is 1. The highest BCUT2D eigenvalue weighted by atomic mass is 16.5. The first-order valence-corrected chi connectivity index (χ1v) is 13.0. The van der Waals surface area contributed by atoms with Gasteiger partial charge < -0.3 is 30.1 Å². The van der Waals surface area contributed by atoms with E-state index >= 15 is 0 Å². The van der Waals surface area contributed by atoms with E-state index in [0.717, 1.165) is 19.6 Å². The van der Waals surface area contributed by atoms with Crippen LogP contribution in [0.2, 0.25) is 0 Å². The summed E-state index contributed by atoms with van der Waals surface area (Å²) in [5, 5.41) is 6.23. The summed E-state index contributed by atoms with van der Waals surface area (Å²) in [7, 11) is 3.33. The zero-order chi connectivity index (χ0) is 26.7. The number of methoxy groups -OCH3 is 1. The number of hydrogen-bond acceptors (Lipinski definition) is 8. The van der Waals surface area contributed by atoms with Crippen LogP contribution in [0.5, 0.6) is 5.75 Å². The molecule has 0 atom stereocenters. The molecule has 200 valence electrons. The molecule has 1 fully saturated rings. The van der Waals surface area contributed by atoms with Crippen molar-refractivity contribution < 1.29 is 14.3 Å². The Kier molecular flexibility index (Phi) is 7.87. The molecule has 1 aromatic carbocycles. The topological polar surface area (TPSA) is 103 Å². The van der Waals surface area contributed by atoms with Gasteiger partial charge in [-0.15, -0.1) is 0 Å². The van der Waals surface area contributed by atoms with Gasteiger partial charge in [0.15, 0.2) is 5.82 Å². The third kappa shape index (κ3) is 5.79. The lowest BCUT2D eigenvalue weighted by Gasteiger charge is -2.32. The van der Waals surface area contributed by atoms with Crippen LogP contribution < -0.4 is 25.2 Å². The average molecular weight is 510 g/mol. The second-order valence-corrected chi connectivity index (χ2v) is 10.7. The summed E-state index contributed by atoms with van der Waals surface area (Å²) in [4.78, 5) is 41.2. The van der Waals surface area contributed by atoms with Crippen molar-refractivity contribution in [3.05, 3.63) is 30.0 Å². The second kappa shape index (κ2) is 10.9. The SMILES string of the molecule is COc1cc(C(=O)NCCN2CCCC2)ccc1Nc1ncc2c(n1)N(C(C)C)CC(C)(C)C(=O)N2C. The van der Waals surface area contributed by atoms with E-state index < -0.39 is 5.41 Å². The quantitative estimate of drug-likeness (QED) is 0.559. The number of nitrogens with one attached hydrogen (secondary N) is 2. The third-order valence-electron chi connectivity index (χ3n) is 7.08. The van der Waals surface area contributed by atoms with Crippen LogP contribution in [0.25, 0.3) is 0 Å². The number of anilines is 4. The highest BCUT2D eigenvalue weighted by Crippen LogP contribution is 2.38. The van der Waals surface area contributed by atoms with Crippen LogP contribution >= 0.6 is 0 Å². The van der Waals surface area contributed by atoms with E-state index in [1.807, 2.05) is 13.8 Å². The highest BCUT2D eigenvalue weighted by Gasteiger charge is 2.39. The minimum absolute atomic E-state index is 0.0252. The van der Waals surface area contributed by atoms with Gasteiger partial charge in [-0.05, 0) is 71.8 Å². The van der Waals surface area contributed by atoms with Crippen LogP contribution in [0.1, 0.15) is 50.9 Å². The molecule has 2 N–H and O–H groups in total. The van der Waals surface area contributed by atoms with Crippen LogP contribution in [0.15, 0.2) is 24.4 Å². The van der Waals surface area contributed by atoms with Crippen molar-refractivity contribution in [1.29, 1.82) is 0 Å². The van der Waals surface area contributed by atoms with Crippen molar-refractivity contribution in [3.8, 4) is 5.75 Å².